The van der Waals surface area contributed by atoms with E-state index in [1.54, 1.807) is 0 Å². The van der Waals surface area contributed by atoms with Gasteiger partial charge in [-0.2, -0.15) is 0 Å². The lowest BCUT2D eigenvalue weighted by molar-refractivity contribution is 0.452. The minimum absolute atomic E-state index is 0.101. The zero-order chi connectivity index (χ0) is 5.91. The lowest BCUT2D eigenvalue weighted by atomic mass is 11.8. The molecule has 1 nitrogen and oxygen atoms in total. The molecule has 0 radical (unpaired) electrons. The molecule has 0 unspecified atom stereocenters. The molecule has 0 spiro atoms. The summed E-state index contributed by atoms with van der Waals surface area (Å²) in [5.74, 6) is 0. The topological polar surface area (TPSA) is 9.23 Å². The Bertz CT molecular complexity index is 48.1. The number of rotatable bonds is 2. The van der Waals surface area contributed by atoms with Gasteiger partial charge in [0.1, 0.15) is 9.28 Å². The molecule has 0 aromatic rings. The predicted molar refractivity (Wildman–Crippen MR) is 38.9 cm³/mol. The number of hydrogen-bond acceptors (Lipinski definition) is 1. The summed E-state index contributed by atoms with van der Waals surface area (Å²) in [7, 11) is 0.982. The van der Waals surface area contributed by atoms with E-state index in [0.29, 0.717) is 0 Å². The van der Waals surface area contributed by atoms with Gasteiger partial charge in [-0.1, -0.05) is 19.6 Å². The highest BCUT2D eigenvalue weighted by atomic mass is 29.2. The molecule has 44 valence electrons. The summed E-state index contributed by atoms with van der Waals surface area (Å²) >= 11 is 0. The maximum atomic E-state index is 5.11. The average molecular weight is 134 g/mol. The van der Waals surface area contributed by atoms with Gasteiger partial charge in [0.05, 0.1) is 7.59 Å². The van der Waals surface area contributed by atoms with Gasteiger partial charge < -0.3 is 4.43 Å². The van der Waals surface area contributed by atoms with Crippen LogP contribution in [0.2, 0.25) is 19.6 Å². The second-order valence-electron chi connectivity index (χ2n) is 2.99. The fourth-order valence-electron chi connectivity index (χ4n) is 0.433. The molecule has 0 atom stereocenters. The van der Waals surface area contributed by atoms with Gasteiger partial charge in [-0.15, -0.1) is 0 Å². The van der Waals surface area contributed by atoms with E-state index >= 15 is 0 Å². The molecular weight excluding hydrogens is 120 g/mol. The first-order chi connectivity index (χ1) is 3.06. The van der Waals surface area contributed by atoms with Crippen LogP contribution in [0.5, 0.6) is 0 Å². The summed E-state index contributed by atoms with van der Waals surface area (Å²) < 4.78 is 5.11. The van der Waals surface area contributed by atoms with Gasteiger partial charge in [0.2, 0.25) is 0 Å². The van der Waals surface area contributed by atoms with E-state index in [0.717, 1.165) is 0 Å². The van der Waals surface area contributed by atoms with Crippen LogP contribution in [0.15, 0.2) is 0 Å². The van der Waals surface area contributed by atoms with Crippen LogP contribution in [0.3, 0.4) is 0 Å². The molecule has 0 saturated heterocycles. The van der Waals surface area contributed by atoms with Gasteiger partial charge in [0.15, 0.2) is 0 Å². The molecule has 0 rings (SSSR count). The SMILES string of the molecule is CO[SiH2][Si](C)(C)C. The Labute approximate surface area is 48.8 Å². The van der Waals surface area contributed by atoms with Crippen molar-refractivity contribution in [3.63, 3.8) is 0 Å². The normalized spacial score (nSPS) is 13.7. The minimum atomic E-state index is -0.741. The first kappa shape index (κ1) is 7.39. The number of hydrogen-bond donors (Lipinski definition) is 0. The Morgan fingerprint density at radius 1 is 1.29 bits per heavy atom. The fraction of sp³-hybridized carbons (Fsp3) is 1.00. The molecule has 0 amide bonds. The highest BCUT2D eigenvalue weighted by Gasteiger charge is 2.12. The maximum Gasteiger partial charge on any atom is 0.149 e. The Hall–Kier alpha value is 0.394. The molecule has 0 aliphatic rings. The fourth-order valence-corrected chi connectivity index (χ4v) is 3.90. The lowest BCUT2D eigenvalue weighted by Gasteiger charge is -2.11. The molecule has 0 saturated carbocycles. The van der Waals surface area contributed by atoms with Gasteiger partial charge >= 0.3 is 0 Å². The Balaban J connectivity index is 3.15. The summed E-state index contributed by atoms with van der Waals surface area (Å²) in [6.07, 6.45) is 0. The van der Waals surface area contributed by atoms with Gasteiger partial charge in [-0.05, 0) is 0 Å². The third-order valence-electron chi connectivity index (χ3n) is 0.577. The zero-order valence-corrected chi connectivity index (χ0v) is 8.03. The molecule has 0 aromatic carbocycles. The second-order valence-corrected chi connectivity index (χ2v) is 16.2. The van der Waals surface area contributed by atoms with Gasteiger partial charge in [0, 0.05) is 7.11 Å². The maximum absolute atomic E-state index is 5.11. The van der Waals surface area contributed by atoms with Crippen LogP contribution in [0, 0.1) is 0 Å². The third-order valence-corrected chi connectivity index (χ3v) is 5.20. The molecule has 0 aliphatic heterocycles. The summed E-state index contributed by atoms with van der Waals surface area (Å²) in [4.78, 5) is 0. The standard InChI is InChI=1S/C4H14OSi2/c1-5-6-7(2,3)4/h6H2,1-4H3. The molecule has 7 heavy (non-hydrogen) atoms. The Kier molecular flexibility index (Phi) is 2.79. The van der Waals surface area contributed by atoms with Crippen molar-refractivity contribution in [3.05, 3.63) is 0 Å². The van der Waals surface area contributed by atoms with Crippen LogP contribution in [-0.4, -0.2) is 24.0 Å². The highest BCUT2D eigenvalue weighted by molar-refractivity contribution is 7.20. The van der Waals surface area contributed by atoms with E-state index < -0.39 is 7.59 Å². The van der Waals surface area contributed by atoms with Crippen molar-refractivity contribution in [1.82, 2.24) is 0 Å². The molecule has 0 heterocycles. The van der Waals surface area contributed by atoms with E-state index in [9.17, 15) is 0 Å². The highest BCUT2D eigenvalue weighted by Crippen LogP contribution is 1.95. The van der Waals surface area contributed by atoms with Gasteiger partial charge in [-0.25, -0.2) is 0 Å². The van der Waals surface area contributed by atoms with E-state index in [1.807, 2.05) is 7.11 Å². The van der Waals surface area contributed by atoms with Crippen LogP contribution in [0.4, 0.5) is 0 Å². The predicted octanol–water partition coefficient (Wildman–Crippen LogP) is 0.551. The third kappa shape index (κ3) is 6.39. The van der Waals surface area contributed by atoms with Crippen molar-refractivity contribution in [3.8, 4) is 0 Å². The van der Waals surface area contributed by atoms with Crippen molar-refractivity contribution >= 4 is 16.9 Å². The van der Waals surface area contributed by atoms with Crippen molar-refractivity contribution in [2.75, 3.05) is 7.11 Å². The molecular formula is C4H14OSi2. The zero-order valence-electron chi connectivity index (χ0n) is 5.62. The first-order valence-corrected chi connectivity index (χ1v) is 8.96. The van der Waals surface area contributed by atoms with Crippen LogP contribution in [0.1, 0.15) is 0 Å². The molecule has 0 fully saturated rings. The van der Waals surface area contributed by atoms with E-state index in [2.05, 4.69) is 19.6 Å². The van der Waals surface area contributed by atoms with E-state index in [-0.39, 0.29) is 9.28 Å². The Morgan fingerprint density at radius 2 is 1.71 bits per heavy atom. The quantitative estimate of drug-likeness (QED) is 0.501. The van der Waals surface area contributed by atoms with Crippen LogP contribution in [-0.2, 0) is 4.43 Å². The van der Waals surface area contributed by atoms with Gasteiger partial charge in [0.25, 0.3) is 0 Å². The van der Waals surface area contributed by atoms with Crippen molar-refractivity contribution in [2.45, 2.75) is 19.6 Å². The van der Waals surface area contributed by atoms with Crippen molar-refractivity contribution in [1.29, 1.82) is 0 Å². The van der Waals surface area contributed by atoms with E-state index in [1.165, 1.54) is 0 Å². The van der Waals surface area contributed by atoms with Crippen LogP contribution >= 0.6 is 0 Å². The largest absolute Gasteiger partial charge is 0.430 e. The molecule has 0 aromatic heterocycles. The first-order valence-electron chi connectivity index (χ1n) is 2.55. The molecule has 0 N–H and O–H groups in total. The minimum Gasteiger partial charge on any atom is -0.430 e. The summed E-state index contributed by atoms with van der Waals surface area (Å²) in [5.41, 5.74) is 0. The summed E-state index contributed by atoms with van der Waals surface area (Å²) in [6.45, 7) is 7.05. The second kappa shape index (κ2) is 2.64. The van der Waals surface area contributed by atoms with Crippen LogP contribution < -0.4 is 0 Å². The molecule has 0 aliphatic carbocycles. The monoisotopic (exact) mass is 134 g/mol. The van der Waals surface area contributed by atoms with Crippen LogP contribution in [0.25, 0.3) is 0 Å². The smallest absolute Gasteiger partial charge is 0.149 e. The molecule has 3 heteroatoms. The van der Waals surface area contributed by atoms with Gasteiger partial charge in [-0.3, -0.25) is 0 Å². The Morgan fingerprint density at radius 3 is 1.71 bits per heavy atom. The summed E-state index contributed by atoms with van der Waals surface area (Å²) in [5, 5.41) is 0. The lowest BCUT2D eigenvalue weighted by Crippen LogP contribution is -2.31. The molecule has 0 bridgehead atoms. The van der Waals surface area contributed by atoms with Crippen molar-refractivity contribution < 1.29 is 4.43 Å². The average Bonchev–Trinajstić information content (AvgIpc) is 1.30. The van der Waals surface area contributed by atoms with Crippen molar-refractivity contribution in [2.24, 2.45) is 0 Å². The summed E-state index contributed by atoms with van der Waals surface area (Å²) in [6, 6.07) is 0. The van der Waals surface area contributed by atoms with E-state index in [4.69, 9.17) is 4.43 Å².